The third-order valence-corrected chi connectivity index (χ3v) is 4.44. The number of nitriles is 1. The monoisotopic (exact) mass is 289 g/mol. The molecule has 1 aromatic rings. The van der Waals surface area contributed by atoms with E-state index in [4.69, 9.17) is 5.26 Å². The van der Waals surface area contributed by atoms with Crippen LogP contribution in [0, 0.1) is 11.3 Å². The molecule has 1 aliphatic heterocycles. The average molecular weight is 289 g/mol. The Morgan fingerprint density at radius 3 is 3.05 bits per heavy atom. The number of carbonyl (C=O) groups excluding carboxylic acids is 1. The summed E-state index contributed by atoms with van der Waals surface area (Å²) in [5.41, 5.74) is 1.23. The Hall–Kier alpha value is -1.51. The minimum Gasteiger partial charge on any atom is -0.325 e. The summed E-state index contributed by atoms with van der Waals surface area (Å²) in [6.45, 7) is 6.68. The largest absolute Gasteiger partial charge is 0.325 e. The molecule has 0 radical (unpaired) electrons. The number of thioether (sulfide) groups is 1. The molecule has 20 heavy (non-hydrogen) atoms. The summed E-state index contributed by atoms with van der Waals surface area (Å²) in [6.07, 6.45) is 0. The molecular weight excluding hydrogens is 270 g/mol. The summed E-state index contributed by atoms with van der Waals surface area (Å²) in [5, 5.41) is 11.7. The van der Waals surface area contributed by atoms with Crippen LogP contribution in [0.5, 0.6) is 0 Å². The SMILES string of the molecule is CC1(C)CN(CC(=O)Nc2cccc(C#N)c2)CCS1. The van der Waals surface area contributed by atoms with Crippen LogP contribution < -0.4 is 5.32 Å². The van der Waals surface area contributed by atoms with Crippen molar-refractivity contribution in [2.45, 2.75) is 18.6 Å². The van der Waals surface area contributed by atoms with Gasteiger partial charge in [0.2, 0.25) is 5.91 Å². The molecule has 1 saturated heterocycles. The van der Waals surface area contributed by atoms with Gasteiger partial charge in [-0.25, -0.2) is 0 Å². The van der Waals surface area contributed by atoms with Crippen molar-refractivity contribution in [2.75, 3.05) is 30.7 Å². The lowest BCUT2D eigenvalue weighted by atomic mass is 10.2. The number of benzene rings is 1. The molecule has 5 heteroatoms. The lowest BCUT2D eigenvalue weighted by Crippen LogP contribution is -2.46. The van der Waals surface area contributed by atoms with Gasteiger partial charge in [0, 0.05) is 29.3 Å². The van der Waals surface area contributed by atoms with Crippen molar-refractivity contribution in [3.63, 3.8) is 0 Å². The number of nitrogens with one attached hydrogen (secondary N) is 1. The van der Waals surface area contributed by atoms with E-state index in [1.165, 1.54) is 0 Å². The molecule has 1 aliphatic rings. The van der Waals surface area contributed by atoms with Crippen LogP contribution in [0.15, 0.2) is 24.3 Å². The minimum absolute atomic E-state index is 0.0252. The molecule has 0 spiro atoms. The summed E-state index contributed by atoms with van der Waals surface area (Å²) in [5.74, 6) is 1.03. The van der Waals surface area contributed by atoms with E-state index in [0.717, 1.165) is 18.8 Å². The Morgan fingerprint density at radius 2 is 2.35 bits per heavy atom. The number of carbonyl (C=O) groups is 1. The number of amides is 1. The van der Waals surface area contributed by atoms with E-state index in [2.05, 4.69) is 30.1 Å². The van der Waals surface area contributed by atoms with E-state index >= 15 is 0 Å². The fourth-order valence-corrected chi connectivity index (χ4v) is 3.50. The molecule has 1 N–H and O–H groups in total. The molecule has 2 rings (SSSR count). The molecular formula is C15H19N3OS. The van der Waals surface area contributed by atoms with Crippen LogP contribution in [0.1, 0.15) is 19.4 Å². The second-order valence-electron chi connectivity index (χ2n) is 5.56. The van der Waals surface area contributed by atoms with Gasteiger partial charge in [-0.1, -0.05) is 6.07 Å². The highest BCUT2D eigenvalue weighted by atomic mass is 32.2. The van der Waals surface area contributed by atoms with Crippen LogP contribution in [-0.2, 0) is 4.79 Å². The van der Waals surface area contributed by atoms with Gasteiger partial charge in [-0.05, 0) is 32.0 Å². The molecule has 106 valence electrons. The molecule has 0 saturated carbocycles. The molecule has 0 unspecified atom stereocenters. The first-order chi connectivity index (χ1) is 9.48. The zero-order valence-electron chi connectivity index (χ0n) is 11.8. The normalized spacial score (nSPS) is 18.2. The zero-order valence-corrected chi connectivity index (χ0v) is 12.7. The van der Waals surface area contributed by atoms with Crippen LogP contribution in [0.25, 0.3) is 0 Å². The highest BCUT2D eigenvalue weighted by Crippen LogP contribution is 2.29. The van der Waals surface area contributed by atoms with Gasteiger partial charge in [-0.2, -0.15) is 17.0 Å². The maximum atomic E-state index is 12.0. The smallest absolute Gasteiger partial charge is 0.238 e. The third kappa shape index (κ3) is 4.26. The van der Waals surface area contributed by atoms with E-state index in [9.17, 15) is 4.79 Å². The van der Waals surface area contributed by atoms with Crippen LogP contribution in [0.4, 0.5) is 5.69 Å². The molecule has 1 heterocycles. The predicted molar refractivity (Wildman–Crippen MR) is 82.8 cm³/mol. The molecule has 1 aromatic carbocycles. The number of nitrogens with zero attached hydrogens (tertiary/aromatic N) is 2. The molecule has 0 aromatic heterocycles. The van der Waals surface area contributed by atoms with Crippen molar-refractivity contribution in [3.8, 4) is 6.07 Å². The van der Waals surface area contributed by atoms with Gasteiger partial charge < -0.3 is 5.32 Å². The molecule has 4 nitrogen and oxygen atoms in total. The first-order valence-corrected chi connectivity index (χ1v) is 7.63. The maximum absolute atomic E-state index is 12.0. The number of rotatable bonds is 3. The molecule has 1 fully saturated rings. The van der Waals surface area contributed by atoms with Gasteiger partial charge >= 0.3 is 0 Å². The Bertz CT molecular complexity index is 536. The van der Waals surface area contributed by atoms with E-state index in [1.807, 2.05) is 11.8 Å². The van der Waals surface area contributed by atoms with Gasteiger partial charge in [0.1, 0.15) is 0 Å². The fraction of sp³-hybridized carbons (Fsp3) is 0.467. The molecule has 0 aliphatic carbocycles. The first kappa shape index (κ1) is 14.9. The Balaban J connectivity index is 1.90. The van der Waals surface area contributed by atoms with Gasteiger partial charge in [0.25, 0.3) is 0 Å². The van der Waals surface area contributed by atoms with Crippen molar-refractivity contribution >= 4 is 23.4 Å². The Labute approximate surface area is 124 Å². The van der Waals surface area contributed by atoms with Crippen LogP contribution in [-0.4, -0.2) is 40.9 Å². The lowest BCUT2D eigenvalue weighted by molar-refractivity contribution is -0.117. The second-order valence-corrected chi connectivity index (χ2v) is 7.36. The summed E-state index contributed by atoms with van der Waals surface area (Å²) < 4.78 is 0.208. The van der Waals surface area contributed by atoms with Crippen molar-refractivity contribution < 1.29 is 4.79 Å². The molecule has 0 atom stereocenters. The number of hydrogen-bond donors (Lipinski definition) is 1. The van der Waals surface area contributed by atoms with Crippen molar-refractivity contribution in [1.82, 2.24) is 4.90 Å². The van der Waals surface area contributed by atoms with E-state index < -0.39 is 0 Å². The summed E-state index contributed by atoms with van der Waals surface area (Å²) >= 11 is 1.95. The maximum Gasteiger partial charge on any atom is 0.238 e. The van der Waals surface area contributed by atoms with Gasteiger partial charge in [0.05, 0.1) is 18.2 Å². The van der Waals surface area contributed by atoms with Gasteiger partial charge in [0.15, 0.2) is 0 Å². The van der Waals surface area contributed by atoms with Crippen molar-refractivity contribution in [2.24, 2.45) is 0 Å². The van der Waals surface area contributed by atoms with Gasteiger partial charge in [-0.3, -0.25) is 9.69 Å². The van der Waals surface area contributed by atoms with E-state index in [0.29, 0.717) is 17.8 Å². The van der Waals surface area contributed by atoms with E-state index in [1.54, 1.807) is 24.3 Å². The first-order valence-electron chi connectivity index (χ1n) is 6.65. The molecule has 0 bridgehead atoms. The molecule has 1 amide bonds. The van der Waals surface area contributed by atoms with Crippen LogP contribution in [0.3, 0.4) is 0 Å². The predicted octanol–water partition coefficient (Wildman–Crippen LogP) is 2.32. The average Bonchev–Trinajstić information content (AvgIpc) is 2.37. The van der Waals surface area contributed by atoms with Crippen LogP contribution >= 0.6 is 11.8 Å². The standard InChI is InChI=1S/C15H19N3OS/c1-15(2)11-18(6-7-20-15)10-14(19)17-13-5-3-4-12(8-13)9-16/h3-5,8H,6-7,10-11H2,1-2H3,(H,17,19). The Kier molecular flexibility index (Phi) is 4.69. The highest BCUT2D eigenvalue weighted by molar-refractivity contribution is 8.00. The zero-order chi connectivity index (χ0) is 14.6. The summed E-state index contributed by atoms with van der Waals surface area (Å²) in [4.78, 5) is 14.2. The van der Waals surface area contributed by atoms with Crippen LogP contribution in [0.2, 0.25) is 0 Å². The van der Waals surface area contributed by atoms with Crippen molar-refractivity contribution in [3.05, 3.63) is 29.8 Å². The lowest BCUT2D eigenvalue weighted by Gasteiger charge is -2.37. The second kappa shape index (κ2) is 6.29. The Morgan fingerprint density at radius 1 is 1.55 bits per heavy atom. The highest BCUT2D eigenvalue weighted by Gasteiger charge is 2.27. The topological polar surface area (TPSA) is 56.1 Å². The number of anilines is 1. The fourth-order valence-electron chi connectivity index (χ4n) is 2.32. The summed E-state index contributed by atoms with van der Waals surface area (Å²) in [7, 11) is 0. The quantitative estimate of drug-likeness (QED) is 0.928. The van der Waals surface area contributed by atoms with Gasteiger partial charge in [-0.15, -0.1) is 0 Å². The van der Waals surface area contributed by atoms with E-state index in [-0.39, 0.29) is 10.7 Å². The third-order valence-electron chi connectivity index (χ3n) is 3.15. The number of hydrogen-bond acceptors (Lipinski definition) is 4. The summed E-state index contributed by atoms with van der Waals surface area (Å²) in [6, 6.07) is 9.05. The van der Waals surface area contributed by atoms with Crippen molar-refractivity contribution in [1.29, 1.82) is 5.26 Å². The minimum atomic E-state index is -0.0252.